The zero-order chi connectivity index (χ0) is 21.1. The Morgan fingerprint density at radius 3 is 2.43 bits per heavy atom. The van der Waals surface area contributed by atoms with Crippen LogP contribution in [-0.4, -0.2) is 55.3 Å². The van der Waals surface area contributed by atoms with Gasteiger partial charge in [-0.05, 0) is 36.8 Å². The Morgan fingerprint density at radius 1 is 1.03 bits per heavy atom. The molecule has 0 spiro atoms. The van der Waals surface area contributed by atoms with Gasteiger partial charge in [0, 0.05) is 38.4 Å². The average molecular weight is 428 g/mol. The average Bonchev–Trinajstić information content (AvgIpc) is 3.04. The third-order valence-electron chi connectivity index (χ3n) is 5.44. The first-order valence-corrected chi connectivity index (χ1v) is 12.3. The fourth-order valence-electron chi connectivity index (χ4n) is 4.05. The highest BCUT2D eigenvalue weighted by Gasteiger charge is 2.20. The highest BCUT2D eigenvalue weighted by atomic mass is 32.2. The van der Waals surface area contributed by atoms with Crippen molar-refractivity contribution in [1.29, 1.82) is 0 Å². The normalized spacial score (nSPS) is 15.6. The minimum Gasteiger partial charge on any atom is -0.369 e. The SMILES string of the molecule is CCCn1c(CN2CCN(c3ccccc3)CC2)nc2cc(NS(C)(=O)=O)ccc21. The maximum atomic E-state index is 11.6. The minimum absolute atomic E-state index is 0.550. The summed E-state index contributed by atoms with van der Waals surface area (Å²) in [6, 6.07) is 16.1. The number of rotatable bonds is 7. The number of imidazole rings is 1. The van der Waals surface area contributed by atoms with Gasteiger partial charge in [-0.3, -0.25) is 9.62 Å². The predicted octanol–water partition coefficient (Wildman–Crippen LogP) is 3.14. The van der Waals surface area contributed by atoms with Crippen molar-refractivity contribution in [2.75, 3.05) is 42.1 Å². The fourth-order valence-corrected chi connectivity index (χ4v) is 4.61. The van der Waals surface area contributed by atoms with Crippen molar-refractivity contribution in [3.63, 3.8) is 0 Å². The van der Waals surface area contributed by atoms with E-state index >= 15 is 0 Å². The van der Waals surface area contributed by atoms with Gasteiger partial charge < -0.3 is 9.47 Å². The van der Waals surface area contributed by atoms with Crippen molar-refractivity contribution in [1.82, 2.24) is 14.5 Å². The molecule has 1 N–H and O–H groups in total. The lowest BCUT2D eigenvalue weighted by Gasteiger charge is -2.36. The summed E-state index contributed by atoms with van der Waals surface area (Å²) in [4.78, 5) is 9.74. The summed E-state index contributed by atoms with van der Waals surface area (Å²) in [6.45, 7) is 7.84. The van der Waals surface area contributed by atoms with Gasteiger partial charge in [0.1, 0.15) is 5.82 Å². The first-order chi connectivity index (χ1) is 14.4. The largest absolute Gasteiger partial charge is 0.369 e. The van der Waals surface area contributed by atoms with Crippen molar-refractivity contribution in [3.8, 4) is 0 Å². The molecule has 0 unspecified atom stereocenters. The van der Waals surface area contributed by atoms with E-state index in [0.717, 1.165) is 68.8 Å². The Labute approximate surface area is 178 Å². The van der Waals surface area contributed by atoms with Crippen molar-refractivity contribution in [2.45, 2.75) is 26.4 Å². The van der Waals surface area contributed by atoms with Gasteiger partial charge in [-0.1, -0.05) is 25.1 Å². The summed E-state index contributed by atoms with van der Waals surface area (Å²) in [5, 5.41) is 0. The number of aromatic nitrogens is 2. The Hall–Kier alpha value is -2.58. The summed E-state index contributed by atoms with van der Waals surface area (Å²) in [5.41, 5.74) is 3.71. The van der Waals surface area contributed by atoms with E-state index in [9.17, 15) is 8.42 Å². The molecule has 0 atom stereocenters. The van der Waals surface area contributed by atoms with Crippen LogP contribution in [-0.2, 0) is 23.1 Å². The molecule has 0 saturated carbocycles. The maximum Gasteiger partial charge on any atom is 0.229 e. The molecule has 3 aromatic rings. The number of fused-ring (bicyclic) bond motifs is 1. The fraction of sp³-hybridized carbons (Fsp3) is 0.409. The van der Waals surface area contributed by atoms with Crippen LogP contribution in [0.15, 0.2) is 48.5 Å². The lowest BCUT2D eigenvalue weighted by Crippen LogP contribution is -2.46. The summed E-state index contributed by atoms with van der Waals surface area (Å²) >= 11 is 0. The number of nitrogens with zero attached hydrogens (tertiary/aromatic N) is 4. The quantitative estimate of drug-likeness (QED) is 0.627. The van der Waals surface area contributed by atoms with Crippen LogP contribution in [0.3, 0.4) is 0 Å². The van der Waals surface area contributed by atoms with Crippen LogP contribution in [0.1, 0.15) is 19.2 Å². The second kappa shape index (κ2) is 8.65. The third-order valence-corrected chi connectivity index (χ3v) is 6.04. The molecule has 0 amide bonds. The first kappa shape index (κ1) is 20.7. The molecule has 4 rings (SSSR count). The Balaban J connectivity index is 1.51. The van der Waals surface area contributed by atoms with Crippen LogP contribution in [0.2, 0.25) is 0 Å². The number of benzene rings is 2. The zero-order valence-electron chi connectivity index (χ0n) is 17.6. The van der Waals surface area contributed by atoms with Crippen molar-refractivity contribution in [2.24, 2.45) is 0 Å². The number of nitrogens with one attached hydrogen (secondary N) is 1. The van der Waals surface area contributed by atoms with Crippen LogP contribution in [0.5, 0.6) is 0 Å². The molecular weight excluding hydrogens is 398 g/mol. The number of sulfonamides is 1. The van der Waals surface area contributed by atoms with Crippen molar-refractivity contribution in [3.05, 3.63) is 54.4 Å². The molecular formula is C22H29N5O2S. The topological polar surface area (TPSA) is 70.5 Å². The van der Waals surface area contributed by atoms with Crippen LogP contribution in [0, 0.1) is 0 Å². The van der Waals surface area contributed by atoms with E-state index in [2.05, 4.69) is 56.3 Å². The molecule has 160 valence electrons. The molecule has 1 aliphatic rings. The molecule has 1 aliphatic heterocycles. The number of piperazine rings is 1. The lowest BCUT2D eigenvalue weighted by atomic mass is 10.2. The molecule has 1 saturated heterocycles. The lowest BCUT2D eigenvalue weighted by molar-refractivity contribution is 0.241. The van der Waals surface area contributed by atoms with Gasteiger partial charge in [0.2, 0.25) is 10.0 Å². The van der Waals surface area contributed by atoms with Gasteiger partial charge >= 0.3 is 0 Å². The number of hydrogen-bond donors (Lipinski definition) is 1. The number of anilines is 2. The van der Waals surface area contributed by atoms with E-state index < -0.39 is 10.0 Å². The van der Waals surface area contributed by atoms with Crippen LogP contribution in [0.4, 0.5) is 11.4 Å². The number of aryl methyl sites for hydroxylation is 1. The van der Waals surface area contributed by atoms with Crippen LogP contribution in [0.25, 0.3) is 11.0 Å². The summed E-state index contributed by atoms with van der Waals surface area (Å²) in [7, 11) is -3.31. The molecule has 2 heterocycles. The molecule has 8 heteroatoms. The smallest absolute Gasteiger partial charge is 0.229 e. The van der Waals surface area contributed by atoms with Gasteiger partial charge in [0.05, 0.1) is 29.5 Å². The van der Waals surface area contributed by atoms with Crippen LogP contribution < -0.4 is 9.62 Å². The van der Waals surface area contributed by atoms with E-state index in [1.54, 1.807) is 6.07 Å². The molecule has 1 fully saturated rings. The van der Waals surface area contributed by atoms with Crippen LogP contribution >= 0.6 is 0 Å². The zero-order valence-corrected chi connectivity index (χ0v) is 18.4. The van der Waals surface area contributed by atoms with Crippen molar-refractivity contribution < 1.29 is 8.42 Å². The molecule has 0 aliphatic carbocycles. The summed E-state index contributed by atoms with van der Waals surface area (Å²) in [5.74, 6) is 1.04. The predicted molar refractivity (Wildman–Crippen MR) is 122 cm³/mol. The highest BCUT2D eigenvalue weighted by Crippen LogP contribution is 2.23. The minimum atomic E-state index is -3.31. The van der Waals surface area contributed by atoms with Gasteiger partial charge in [-0.25, -0.2) is 13.4 Å². The molecule has 7 nitrogen and oxygen atoms in total. The van der Waals surface area contributed by atoms with E-state index in [-0.39, 0.29) is 0 Å². The number of para-hydroxylation sites is 1. The van der Waals surface area contributed by atoms with Gasteiger partial charge in [-0.15, -0.1) is 0 Å². The Morgan fingerprint density at radius 2 is 1.77 bits per heavy atom. The maximum absolute atomic E-state index is 11.6. The standard InChI is InChI=1S/C22H29N5O2S/c1-3-11-27-21-10-9-18(24-30(2,28)29)16-20(21)23-22(27)17-25-12-14-26(15-13-25)19-7-5-4-6-8-19/h4-10,16,24H,3,11-15,17H2,1-2H3. The monoisotopic (exact) mass is 427 g/mol. The molecule has 1 aromatic heterocycles. The van der Waals surface area contributed by atoms with E-state index in [4.69, 9.17) is 4.98 Å². The molecule has 0 bridgehead atoms. The van der Waals surface area contributed by atoms with E-state index in [1.807, 2.05) is 12.1 Å². The third kappa shape index (κ3) is 4.76. The highest BCUT2D eigenvalue weighted by molar-refractivity contribution is 7.92. The molecule has 30 heavy (non-hydrogen) atoms. The Bertz CT molecular complexity index is 1100. The molecule has 2 aromatic carbocycles. The van der Waals surface area contributed by atoms with E-state index in [1.165, 1.54) is 5.69 Å². The van der Waals surface area contributed by atoms with E-state index in [0.29, 0.717) is 5.69 Å². The van der Waals surface area contributed by atoms with Crippen molar-refractivity contribution >= 4 is 32.4 Å². The summed E-state index contributed by atoms with van der Waals surface area (Å²) in [6.07, 6.45) is 2.18. The van der Waals surface area contributed by atoms with Gasteiger partial charge in [-0.2, -0.15) is 0 Å². The second-order valence-corrected chi connectivity index (χ2v) is 9.60. The van der Waals surface area contributed by atoms with Gasteiger partial charge in [0.15, 0.2) is 0 Å². The number of hydrogen-bond acceptors (Lipinski definition) is 5. The second-order valence-electron chi connectivity index (χ2n) is 7.86. The Kier molecular flexibility index (Phi) is 5.97. The first-order valence-electron chi connectivity index (χ1n) is 10.4. The van der Waals surface area contributed by atoms with Gasteiger partial charge in [0.25, 0.3) is 0 Å². The summed E-state index contributed by atoms with van der Waals surface area (Å²) < 4.78 is 27.9. The molecule has 0 radical (unpaired) electrons.